The van der Waals surface area contributed by atoms with Gasteiger partial charge in [0.05, 0.1) is 6.10 Å². The molecule has 2 amide bonds. The summed E-state index contributed by atoms with van der Waals surface area (Å²) in [6.07, 6.45) is 1.12. The third-order valence-electron chi connectivity index (χ3n) is 3.04. The zero-order valence-electron chi connectivity index (χ0n) is 9.80. The topological polar surface area (TPSA) is 52.6 Å². The molecule has 1 aliphatic heterocycles. The Morgan fingerprint density at radius 1 is 1.29 bits per heavy atom. The lowest BCUT2D eigenvalue weighted by molar-refractivity contribution is 0.0936. The van der Waals surface area contributed by atoms with E-state index in [1.807, 2.05) is 30.3 Å². The van der Waals surface area contributed by atoms with Crippen LogP contribution in [0.4, 0.5) is 4.79 Å². The van der Waals surface area contributed by atoms with E-state index >= 15 is 0 Å². The van der Waals surface area contributed by atoms with Gasteiger partial charge < -0.3 is 15.3 Å². The van der Waals surface area contributed by atoms with Gasteiger partial charge in [-0.2, -0.15) is 0 Å². The van der Waals surface area contributed by atoms with Crippen LogP contribution < -0.4 is 5.32 Å². The Bertz CT molecular complexity index is 359. The SMILES string of the molecule is O=C(NCc1ccccc1)N1CCC(O)CC1. The highest BCUT2D eigenvalue weighted by molar-refractivity contribution is 5.74. The molecule has 1 saturated heterocycles. The number of likely N-dealkylation sites (tertiary alicyclic amines) is 1. The first-order chi connectivity index (χ1) is 8.25. The summed E-state index contributed by atoms with van der Waals surface area (Å²) in [7, 11) is 0. The normalized spacial score (nSPS) is 16.9. The Labute approximate surface area is 101 Å². The van der Waals surface area contributed by atoms with Crippen LogP contribution in [0.1, 0.15) is 18.4 Å². The second-order valence-corrected chi connectivity index (χ2v) is 4.36. The molecule has 0 radical (unpaired) electrons. The minimum absolute atomic E-state index is 0.0410. The number of aliphatic hydroxyl groups excluding tert-OH is 1. The first-order valence-electron chi connectivity index (χ1n) is 6.00. The molecule has 0 unspecified atom stereocenters. The van der Waals surface area contributed by atoms with Crippen molar-refractivity contribution in [3.05, 3.63) is 35.9 Å². The summed E-state index contributed by atoms with van der Waals surface area (Å²) in [6.45, 7) is 1.84. The fourth-order valence-corrected chi connectivity index (χ4v) is 1.95. The highest BCUT2D eigenvalue weighted by atomic mass is 16.3. The molecule has 2 rings (SSSR count). The van der Waals surface area contributed by atoms with Gasteiger partial charge in [-0.25, -0.2) is 4.79 Å². The van der Waals surface area contributed by atoms with Crippen molar-refractivity contribution in [2.45, 2.75) is 25.5 Å². The average Bonchev–Trinajstić information content (AvgIpc) is 2.38. The first kappa shape index (κ1) is 11.9. The van der Waals surface area contributed by atoms with Gasteiger partial charge in [0.25, 0.3) is 0 Å². The van der Waals surface area contributed by atoms with Gasteiger partial charge in [-0.15, -0.1) is 0 Å². The summed E-state index contributed by atoms with van der Waals surface area (Å²) < 4.78 is 0. The van der Waals surface area contributed by atoms with Crippen molar-refractivity contribution in [3.8, 4) is 0 Å². The Morgan fingerprint density at radius 3 is 2.59 bits per heavy atom. The van der Waals surface area contributed by atoms with E-state index in [0.29, 0.717) is 32.5 Å². The van der Waals surface area contributed by atoms with Crippen molar-refractivity contribution in [2.75, 3.05) is 13.1 Å². The van der Waals surface area contributed by atoms with Gasteiger partial charge in [-0.3, -0.25) is 0 Å². The molecule has 0 aliphatic carbocycles. The molecule has 2 N–H and O–H groups in total. The summed E-state index contributed by atoms with van der Waals surface area (Å²) in [4.78, 5) is 13.6. The minimum Gasteiger partial charge on any atom is -0.393 e. The Hall–Kier alpha value is -1.55. The number of rotatable bonds is 2. The second kappa shape index (κ2) is 5.68. The lowest BCUT2D eigenvalue weighted by Crippen LogP contribution is -2.45. The van der Waals surface area contributed by atoms with Crippen LogP contribution in [-0.2, 0) is 6.54 Å². The second-order valence-electron chi connectivity index (χ2n) is 4.36. The van der Waals surface area contributed by atoms with Crippen LogP contribution in [0, 0.1) is 0 Å². The quantitative estimate of drug-likeness (QED) is 0.811. The van der Waals surface area contributed by atoms with E-state index in [9.17, 15) is 9.90 Å². The number of hydrogen-bond donors (Lipinski definition) is 2. The van der Waals surface area contributed by atoms with Gasteiger partial charge in [-0.05, 0) is 18.4 Å². The fraction of sp³-hybridized carbons (Fsp3) is 0.462. The molecule has 0 atom stereocenters. The predicted molar refractivity (Wildman–Crippen MR) is 65.5 cm³/mol. The molecule has 92 valence electrons. The van der Waals surface area contributed by atoms with E-state index in [1.165, 1.54) is 0 Å². The van der Waals surface area contributed by atoms with Crippen molar-refractivity contribution in [3.63, 3.8) is 0 Å². The molecule has 4 heteroatoms. The zero-order valence-corrected chi connectivity index (χ0v) is 9.80. The lowest BCUT2D eigenvalue weighted by Gasteiger charge is -2.29. The maximum absolute atomic E-state index is 11.8. The zero-order chi connectivity index (χ0) is 12.1. The van der Waals surface area contributed by atoms with Crippen LogP contribution in [-0.4, -0.2) is 35.2 Å². The molecule has 1 aromatic carbocycles. The largest absolute Gasteiger partial charge is 0.393 e. The number of hydrogen-bond acceptors (Lipinski definition) is 2. The number of piperidine rings is 1. The van der Waals surface area contributed by atoms with Crippen molar-refractivity contribution in [2.24, 2.45) is 0 Å². The van der Waals surface area contributed by atoms with E-state index in [-0.39, 0.29) is 12.1 Å². The third kappa shape index (κ3) is 3.46. The van der Waals surface area contributed by atoms with Crippen molar-refractivity contribution >= 4 is 6.03 Å². The van der Waals surface area contributed by atoms with Crippen molar-refractivity contribution in [1.29, 1.82) is 0 Å². The highest BCUT2D eigenvalue weighted by Gasteiger charge is 2.20. The average molecular weight is 234 g/mol. The van der Waals surface area contributed by atoms with Gasteiger partial charge in [0.15, 0.2) is 0 Å². The van der Waals surface area contributed by atoms with E-state index in [4.69, 9.17) is 0 Å². The molecule has 17 heavy (non-hydrogen) atoms. The fourth-order valence-electron chi connectivity index (χ4n) is 1.95. The number of amides is 2. The summed E-state index contributed by atoms with van der Waals surface area (Å²) in [5.41, 5.74) is 1.10. The number of carbonyl (C=O) groups excluding carboxylic acids is 1. The first-order valence-corrected chi connectivity index (χ1v) is 6.00. The molecule has 4 nitrogen and oxygen atoms in total. The van der Waals surface area contributed by atoms with Gasteiger partial charge in [-0.1, -0.05) is 30.3 Å². The molecule has 1 fully saturated rings. The Kier molecular flexibility index (Phi) is 3.98. The predicted octanol–water partition coefficient (Wildman–Crippen LogP) is 1.35. The number of urea groups is 1. The number of aliphatic hydroxyl groups is 1. The third-order valence-corrected chi connectivity index (χ3v) is 3.04. The smallest absolute Gasteiger partial charge is 0.317 e. The van der Waals surface area contributed by atoms with Gasteiger partial charge in [0.2, 0.25) is 0 Å². The van der Waals surface area contributed by atoms with Gasteiger partial charge in [0.1, 0.15) is 0 Å². The van der Waals surface area contributed by atoms with Crippen molar-refractivity contribution < 1.29 is 9.90 Å². The van der Waals surface area contributed by atoms with Gasteiger partial charge >= 0.3 is 6.03 Å². The molecular formula is C13H18N2O2. The summed E-state index contributed by atoms with van der Waals surface area (Å²) >= 11 is 0. The number of benzene rings is 1. The maximum atomic E-state index is 11.8. The van der Waals surface area contributed by atoms with E-state index < -0.39 is 0 Å². The monoisotopic (exact) mass is 234 g/mol. The molecule has 1 aliphatic rings. The molecular weight excluding hydrogens is 216 g/mol. The van der Waals surface area contributed by atoms with Crippen molar-refractivity contribution in [1.82, 2.24) is 10.2 Å². The van der Waals surface area contributed by atoms with E-state index in [1.54, 1.807) is 4.90 Å². The summed E-state index contributed by atoms with van der Waals surface area (Å²) in [5.74, 6) is 0. The van der Waals surface area contributed by atoms with Crippen LogP contribution >= 0.6 is 0 Å². The number of nitrogens with one attached hydrogen (secondary N) is 1. The minimum atomic E-state index is -0.242. The molecule has 1 aromatic rings. The van der Waals surface area contributed by atoms with E-state index in [0.717, 1.165) is 5.56 Å². The van der Waals surface area contributed by atoms with E-state index in [2.05, 4.69) is 5.32 Å². The van der Waals surface area contributed by atoms with Gasteiger partial charge in [0, 0.05) is 19.6 Å². The van der Waals surface area contributed by atoms with Crippen LogP contribution in [0.5, 0.6) is 0 Å². The number of nitrogens with zero attached hydrogens (tertiary/aromatic N) is 1. The Balaban J connectivity index is 1.78. The molecule has 0 aromatic heterocycles. The Morgan fingerprint density at radius 2 is 1.94 bits per heavy atom. The molecule has 0 spiro atoms. The summed E-state index contributed by atoms with van der Waals surface area (Å²) in [6, 6.07) is 9.80. The molecule has 1 heterocycles. The highest BCUT2D eigenvalue weighted by Crippen LogP contribution is 2.09. The standard InChI is InChI=1S/C13H18N2O2/c16-12-6-8-15(9-7-12)13(17)14-10-11-4-2-1-3-5-11/h1-5,12,16H,6-10H2,(H,14,17). The van der Waals surface area contributed by atoms with Crippen LogP contribution in [0.15, 0.2) is 30.3 Å². The van der Waals surface area contributed by atoms with Crippen LogP contribution in [0.3, 0.4) is 0 Å². The maximum Gasteiger partial charge on any atom is 0.317 e. The molecule has 0 bridgehead atoms. The lowest BCUT2D eigenvalue weighted by atomic mass is 10.1. The number of carbonyl (C=O) groups is 1. The van der Waals surface area contributed by atoms with Crippen LogP contribution in [0.25, 0.3) is 0 Å². The summed E-state index contributed by atoms with van der Waals surface area (Å²) in [5, 5.41) is 12.2. The molecule has 0 saturated carbocycles. The van der Waals surface area contributed by atoms with Crippen LogP contribution in [0.2, 0.25) is 0 Å².